The molecule has 3 atom stereocenters. The average molecular weight is 281 g/mol. The molecule has 108 valence electrons. The number of aryl methyl sites for hydroxylation is 1. The van der Waals surface area contributed by atoms with Crippen molar-refractivity contribution in [1.82, 2.24) is 15.0 Å². The third-order valence-electron chi connectivity index (χ3n) is 2.99. The van der Waals surface area contributed by atoms with E-state index in [9.17, 15) is 18.3 Å². The fourth-order valence-electron chi connectivity index (χ4n) is 2.11. The van der Waals surface area contributed by atoms with E-state index in [2.05, 4.69) is 10.1 Å². The van der Waals surface area contributed by atoms with Crippen molar-refractivity contribution < 1.29 is 27.9 Å². The van der Waals surface area contributed by atoms with Crippen LogP contribution in [-0.4, -0.2) is 56.7 Å². The number of likely N-dealkylation sites (tertiary alicyclic amines) is 1. The molecule has 0 spiro atoms. The molecule has 2 N–H and O–H groups in total. The molecular weight excluding hydrogens is 267 g/mol. The lowest BCUT2D eigenvalue weighted by molar-refractivity contribution is -0.209. The molecule has 0 radical (unpaired) electrons. The van der Waals surface area contributed by atoms with Gasteiger partial charge in [0.25, 0.3) is 0 Å². The molecule has 6 nitrogen and oxygen atoms in total. The van der Waals surface area contributed by atoms with Gasteiger partial charge < -0.3 is 14.7 Å². The molecule has 0 saturated carbocycles. The minimum Gasteiger partial charge on any atom is -0.392 e. The third-order valence-corrected chi connectivity index (χ3v) is 2.99. The van der Waals surface area contributed by atoms with E-state index in [4.69, 9.17) is 9.63 Å². The van der Waals surface area contributed by atoms with Gasteiger partial charge in [0.05, 0.1) is 12.1 Å². The first-order valence-electron chi connectivity index (χ1n) is 5.74. The number of β-amino-alcohol motifs (C(OH)–C–C–N with tert-alkyl or cyclic N) is 2. The van der Waals surface area contributed by atoms with Crippen LogP contribution in [0.4, 0.5) is 13.2 Å². The molecule has 9 heteroatoms. The lowest BCUT2D eigenvalue weighted by Gasteiger charge is -2.25. The van der Waals surface area contributed by atoms with Crippen LogP contribution in [0.15, 0.2) is 4.52 Å². The number of alkyl halides is 3. The second-order valence-electron chi connectivity index (χ2n) is 4.60. The zero-order valence-corrected chi connectivity index (χ0v) is 10.1. The van der Waals surface area contributed by atoms with Crippen molar-refractivity contribution in [3.8, 4) is 0 Å². The Morgan fingerprint density at radius 1 is 1.53 bits per heavy atom. The van der Waals surface area contributed by atoms with Gasteiger partial charge in [0, 0.05) is 13.1 Å². The first kappa shape index (κ1) is 14.2. The van der Waals surface area contributed by atoms with E-state index in [0.717, 1.165) is 0 Å². The summed E-state index contributed by atoms with van der Waals surface area (Å²) in [6, 6.07) is -0.604. The Balaban J connectivity index is 2.10. The average Bonchev–Trinajstić information content (AvgIpc) is 2.83. The predicted molar refractivity (Wildman–Crippen MR) is 56.0 cm³/mol. The van der Waals surface area contributed by atoms with Gasteiger partial charge in [0.2, 0.25) is 5.89 Å². The van der Waals surface area contributed by atoms with Crippen LogP contribution in [-0.2, 0) is 0 Å². The summed E-state index contributed by atoms with van der Waals surface area (Å²) in [5.74, 6) is 0.524. The molecule has 1 aromatic heterocycles. The standard InChI is InChI=1S/C10H14F3N3O3/c1-5-14-9(19-15-5)7-2-6(17)3-16(7)4-8(18)10(11,12)13/h6-8,17-18H,2-4H2,1H3/t6-,7-,8?/m1/s1. The first-order chi connectivity index (χ1) is 8.77. The Morgan fingerprint density at radius 3 is 2.74 bits per heavy atom. The van der Waals surface area contributed by atoms with Gasteiger partial charge in [-0.15, -0.1) is 0 Å². The van der Waals surface area contributed by atoms with Crippen LogP contribution in [0.3, 0.4) is 0 Å². The highest BCUT2D eigenvalue weighted by Crippen LogP contribution is 2.32. The number of halogens is 3. The molecule has 1 saturated heterocycles. The lowest BCUT2D eigenvalue weighted by atomic mass is 10.2. The highest BCUT2D eigenvalue weighted by Gasteiger charge is 2.43. The number of aliphatic hydroxyl groups is 2. The van der Waals surface area contributed by atoms with Gasteiger partial charge in [-0.25, -0.2) is 0 Å². The molecule has 1 aromatic rings. The van der Waals surface area contributed by atoms with E-state index >= 15 is 0 Å². The van der Waals surface area contributed by atoms with Crippen LogP contribution >= 0.6 is 0 Å². The zero-order chi connectivity index (χ0) is 14.2. The van der Waals surface area contributed by atoms with Crippen molar-refractivity contribution >= 4 is 0 Å². The summed E-state index contributed by atoms with van der Waals surface area (Å²) in [5, 5.41) is 22.2. The lowest BCUT2D eigenvalue weighted by Crippen LogP contribution is -2.41. The van der Waals surface area contributed by atoms with Crippen LogP contribution < -0.4 is 0 Å². The van der Waals surface area contributed by atoms with Crippen molar-refractivity contribution in [1.29, 1.82) is 0 Å². The Hall–Kier alpha value is -1.19. The second kappa shape index (κ2) is 5.06. The fraction of sp³-hybridized carbons (Fsp3) is 0.800. The van der Waals surface area contributed by atoms with E-state index in [1.807, 2.05) is 0 Å². The van der Waals surface area contributed by atoms with Crippen LogP contribution in [0, 0.1) is 6.92 Å². The molecule has 19 heavy (non-hydrogen) atoms. The summed E-state index contributed by atoms with van der Waals surface area (Å²) < 4.78 is 41.9. The van der Waals surface area contributed by atoms with Crippen LogP contribution in [0.1, 0.15) is 24.2 Å². The van der Waals surface area contributed by atoms with Gasteiger partial charge >= 0.3 is 6.18 Å². The summed E-state index contributed by atoms with van der Waals surface area (Å²) in [7, 11) is 0. The van der Waals surface area contributed by atoms with Gasteiger partial charge in [-0.3, -0.25) is 4.90 Å². The summed E-state index contributed by atoms with van der Waals surface area (Å²) in [5.41, 5.74) is 0. The number of aliphatic hydroxyl groups excluding tert-OH is 2. The number of hydrogen-bond acceptors (Lipinski definition) is 6. The first-order valence-corrected chi connectivity index (χ1v) is 5.74. The minimum atomic E-state index is -4.69. The molecule has 1 aliphatic heterocycles. The van der Waals surface area contributed by atoms with Crippen molar-refractivity contribution in [3.05, 3.63) is 11.7 Å². The molecule has 2 heterocycles. The summed E-state index contributed by atoms with van der Waals surface area (Å²) in [6.07, 6.45) is -7.74. The smallest absolute Gasteiger partial charge is 0.392 e. The van der Waals surface area contributed by atoms with Gasteiger partial charge in [-0.1, -0.05) is 5.16 Å². The van der Waals surface area contributed by atoms with E-state index in [1.54, 1.807) is 6.92 Å². The van der Waals surface area contributed by atoms with E-state index in [1.165, 1.54) is 4.90 Å². The largest absolute Gasteiger partial charge is 0.415 e. The summed E-state index contributed by atoms with van der Waals surface area (Å²) >= 11 is 0. The van der Waals surface area contributed by atoms with Crippen LogP contribution in [0.2, 0.25) is 0 Å². The second-order valence-corrected chi connectivity index (χ2v) is 4.60. The Bertz CT molecular complexity index is 437. The normalized spacial score (nSPS) is 26.8. The maximum Gasteiger partial charge on any atom is 0.415 e. The number of rotatable bonds is 3. The van der Waals surface area contributed by atoms with E-state index < -0.39 is 31.0 Å². The Labute approximate surface area is 106 Å². The monoisotopic (exact) mass is 281 g/mol. The van der Waals surface area contributed by atoms with Gasteiger partial charge in [0.15, 0.2) is 11.9 Å². The maximum atomic E-state index is 12.3. The van der Waals surface area contributed by atoms with E-state index in [-0.39, 0.29) is 18.9 Å². The van der Waals surface area contributed by atoms with Crippen molar-refractivity contribution in [2.45, 2.75) is 37.8 Å². The van der Waals surface area contributed by atoms with Crippen molar-refractivity contribution in [2.75, 3.05) is 13.1 Å². The molecular formula is C10H14F3N3O3. The zero-order valence-electron chi connectivity index (χ0n) is 10.1. The van der Waals surface area contributed by atoms with Crippen LogP contribution in [0.5, 0.6) is 0 Å². The SMILES string of the molecule is Cc1noc([C@H]2C[C@@H](O)CN2CC(O)C(F)(F)F)n1. The highest BCUT2D eigenvalue weighted by molar-refractivity contribution is 4.99. The molecule has 0 aliphatic carbocycles. The molecule has 1 unspecified atom stereocenters. The summed E-state index contributed by atoms with van der Waals surface area (Å²) in [6.45, 7) is 0.985. The van der Waals surface area contributed by atoms with Crippen molar-refractivity contribution in [3.63, 3.8) is 0 Å². The molecule has 1 aliphatic rings. The quantitative estimate of drug-likeness (QED) is 0.835. The molecule has 2 rings (SSSR count). The Kier molecular flexibility index (Phi) is 3.79. The fourth-order valence-corrected chi connectivity index (χ4v) is 2.11. The summed E-state index contributed by atoms with van der Waals surface area (Å²) in [4.78, 5) is 5.25. The number of nitrogens with zero attached hydrogens (tertiary/aromatic N) is 3. The minimum absolute atomic E-state index is 0.0270. The molecule has 0 aromatic carbocycles. The van der Waals surface area contributed by atoms with Gasteiger partial charge in [-0.05, 0) is 13.3 Å². The maximum absolute atomic E-state index is 12.3. The van der Waals surface area contributed by atoms with Crippen LogP contribution in [0.25, 0.3) is 0 Å². The highest BCUT2D eigenvalue weighted by atomic mass is 19.4. The van der Waals surface area contributed by atoms with E-state index in [0.29, 0.717) is 5.82 Å². The van der Waals surface area contributed by atoms with Gasteiger partial charge in [-0.2, -0.15) is 18.2 Å². The number of aromatic nitrogens is 2. The van der Waals surface area contributed by atoms with Gasteiger partial charge in [0.1, 0.15) is 0 Å². The number of hydrogen-bond donors (Lipinski definition) is 2. The van der Waals surface area contributed by atoms with Crippen molar-refractivity contribution in [2.24, 2.45) is 0 Å². The third kappa shape index (κ3) is 3.23. The predicted octanol–water partition coefficient (Wildman–Crippen LogP) is 0.409. The Morgan fingerprint density at radius 2 is 2.21 bits per heavy atom. The molecule has 1 fully saturated rings. The molecule has 0 bridgehead atoms. The molecule has 0 amide bonds. The topological polar surface area (TPSA) is 82.6 Å².